The number of hydrogen-bond donors (Lipinski definition) is 0. The van der Waals surface area contributed by atoms with Crippen LogP contribution < -0.4 is 14.7 Å². The third-order valence-corrected chi connectivity index (χ3v) is 29.2. The summed E-state index contributed by atoms with van der Waals surface area (Å²) < 4.78 is 0. The zero-order valence-electron chi connectivity index (χ0n) is 61.8. The van der Waals surface area contributed by atoms with Crippen LogP contribution in [0.4, 0.5) is 34.1 Å². The molecule has 21 rings (SSSR count). The van der Waals surface area contributed by atoms with Crippen LogP contribution in [-0.2, 0) is 0 Å². The van der Waals surface area contributed by atoms with E-state index in [9.17, 15) is 0 Å². The summed E-state index contributed by atoms with van der Waals surface area (Å²) in [5.74, 6) is 1.14. The van der Waals surface area contributed by atoms with Gasteiger partial charge in [-0.25, -0.2) is 0 Å². The lowest BCUT2D eigenvalue weighted by atomic mass is 9.58. The molecule has 3 nitrogen and oxygen atoms in total. The van der Waals surface area contributed by atoms with Gasteiger partial charge in [0.15, 0.2) is 0 Å². The quantitative estimate of drug-likeness (QED) is 0.150. The highest BCUT2D eigenvalue weighted by Crippen LogP contribution is 2.68. The summed E-state index contributed by atoms with van der Waals surface area (Å²) >= 11 is 0. The molecule has 6 unspecified atom stereocenters. The van der Waals surface area contributed by atoms with Gasteiger partial charge in [0, 0.05) is 51.9 Å². The van der Waals surface area contributed by atoms with Crippen molar-refractivity contribution in [1.29, 1.82) is 0 Å². The van der Waals surface area contributed by atoms with Gasteiger partial charge in [-0.1, -0.05) is 249 Å². The first-order valence-electron chi connectivity index (χ1n) is 39.0. The number of hydrogen-bond acceptors (Lipinski definition) is 3. The fraction of sp³-hybridized carbons (Fsp3) is 0.267. The molecule has 104 heavy (non-hydrogen) atoms. The summed E-state index contributed by atoms with van der Waals surface area (Å²) in [6.07, 6.45) is 10.8. The second-order valence-electron chi connectivity index (χ2n) is 34.7. The van der Waals surface area contributed by atoms with Crippen molar-refractivity contribution >= 4 is 98.8 Å². The fourth-order valence-corrected chi connectivity index (χ4v) is 23.4. The van der Waals surface area contributed by atoms with Crippen molar-refractivity contribution in [3.63, 3.8) is 0 Å². The van der Waals surface area contributed by atoms with E-state index < -0.39 is 0 Å². The zero-order valence-corrected chi connectivity index (χ0v) is 61.8. The molecule has 3 fully saturated rings. The molecule has 0 bridgehead atoms. The van der Waals surface area contributed by atoms with Crippen molar-refractivity contribution in [2.24, 2.45) is 16.2 Å². The first kappa shape index (κ1) is 62.4. The fourth-order valence-electron chi connectivity index (χ4n) is 23.4. The maximum atomic E-state index is 2.75. The van der Waals surface area contributed by atoms with E-state index >= 15 is 0 Å². The maximum absolute atomic E-state index is 2.75. The van der Waals surface area contributed by atoms with Crippen LogP contribution in [0.25, 0.3) is 120 Å². The number of anilines is 6. The van der Waals surface area contributed by atoms with E-state index in [0.29, 0.717) is 17.8 Å². The van der Waals surface area contributed by atoms with Crippen molar-refractivity contribution in [3.8, 4) is 55.6 Å². The Kier molecular flexibility index (Phi) is 13.1. The lowest BCUT2D eigenvalue weighted by molar-refractivity contribution is 0.101. The standard InChI is InChI=1S/C101H91N3/c1-96(2)56-26-41-81-78-59-64(44-53-84(78)102(99(81,96)7)67-33-19-12-20-34-67)70-47-50-75-89-73(70)39-25-40-74(89)92-87(62-29-15-10-16-30-62)94-76-51-48-71(65-45-54-85-79(60-65)82-42-27-57-97(3,4)100(82,8)103(85)68-35-21-13-22-36-68)90-72(49-52-77(91(76)90)95(94)88(93(75)92)63-31-17-11-18-32-63)66-46-55-86-80(61-66)83-43-28-58-98(5,6)101(83,9)104(86)69-37-23-14-24-38-69/h10-25,29-40,44-55,59-61,81-83H,26-28,41-43,56-58H2,1-9H3. The van der Waals surface area contributed by atoms with Crippen molar-refractivity contribution in [1.82, 2.24) is 0 Å². The molecule has 3 saturated carbocycles. The smallest absolute Gasteiger partial charge is 0.0543 e. The average molecular weight is 1350 g/mol. The van der Waals surface area contributed by atoms with E-state index in [1.54, 1.807) is 0 Å². The number of nitrogens with zero attached hydrogens (tertiary/aromatic N) is 3. The van der Waals surface area contributed by atoms with Crippen molar-refractivity contribution in [2.45, 2.75) is 154 Å². The summed E-state index contributed by atoms with van der Waals surface area (Å²) in [5.41, 5.74) is 25.3. The third-order valence-electron chi connectivity index (χ3n) is 29.2. The van der Waals surface area contributed by atoms with E-state index in [1.165, 1.54) is 229 Å². The summed E-state index contributed by atoms with van der Waals surface area (Å²) in [7, 11) is 0. The van der Waals surface area contributed by atoms with E-state index in [2.05, 4.69) is 338 Å². The highest BCUT2D eigenvalue weighted by atomic mass is 15.3. The molecule has 15 aromatic carbocycles. The number of para-hydroxylation sites is 3. The molecular weight excluding hydrogens is 1260 g/mol. The second-order valence-corrected chi connectivity index (χ2v) is 34.7. The largest absolute Gasteiger partial charge is 0.334 e. The Morgan fingerprint density at radius 1 is 0.250 bits per heavy atom. The molecule has 0 amide bonds. The van der Waals surface area contributed by atoms with Gasteiger partial charge in [0.1, 0.15) is 0 Å². The molecule has 6 aliphatic rings. The summed E-state index contributed by atoms with van der Waals surface area (Å²) in [4.78, 5) is 8.23. The Balaban J connectivity index is 0.846. The minimum absolute atomic E-state index is 0.0734. The molecular formula is C101H91N3. The normalized spacial score (nSPS) is 23.5. The van der Waals surface area contributed by atoms with Crippen molar-refractivity contribution < 1.29 is 0 Å². The molecule has 0 aromatic heterocycles. The second kappa shape index (κ2) is 21.9. The van der Waals surface area contributed by atoms with Gasteiger partial charge in [0.05, 0.1) is 16.6 Å². The summed E-state index contributed by atoms with van der Waals surface area (Å²) in [6, 6.07) is 102. The lowest BCUT2D eigenvalue weighted by Crippen LogP contribution is -2.56. The summed E-state index contributed by atoms with van der Waals surface area (Å²) in [5, 5.41) is 16.0. The minimum atomic E-state index is -0.114. The topological polar surface area (TPSA) is 9.72 Å². The highest BCUT2D eigenvalue weighted by Gasteiger charge is 2.61. The van der Waals surface area contributed by atoms with Crippen LogP contribution in [-0.4, -0.2) is 16.6 Å². The van der Waals surface area contributed by atoms with Gasteiger partial charge in [-0.15, -0.1) is 0 Å². The number of fused-ring (bicyclic) bond motifs is 15. The van der Waals surface area contributed by atoms with E-state index in [0.717, 1.165) is 0 Å². The third kappa shape index (κ3) is 8.09. The van der Waals surface area contributed by atoms with Crippen LogP contribution in [0.3, 0.4) is 0 Å². The van der Waals surface area contributed by atoms with Gasteiger partial charge < -0.3 is 14.7 Å². The molecule has 510 valence electrons. The molecule has 3 aliphatic heterocycles. The van der Waals surface area contributed by atoms with E-state index in [-0.39, 0.29) is 32.9 Å². The van der Waals surface area contributed by atoms with Gasteiger partial charge >= 0.3 is 0 Å². The van der Waals surface area contributed by atoms with Gasteiger partial charge in [-0.05, 0) is 285 Å². The SMILES string of the molecule is CC1(C)CCCC2c3cc(-c4ccc5c6c(-c7ccccc7)c7c8ccc(-c9ccc%10c(c9)C9CCCC(C)(C)C9(C)N%10c9ccccc9)c9c(-c%10ccc%11c(c%10)C%10CCCC(C)(C)C%10(C)N%11c%10ccccc%10)ccc(c7c(-c7ccccc7)c6c6cccc4c65)c98)ccc3N(c3ccccc3)C21C. The first-order chi connectivity index (χ1) is 50.5. The number of rotatable bonds is 8. The molecule has 0 radical (unpaired) electrons. The highest BCUT2D eigenvalue weighted by molar-refractivity contribution is 6.47. The van der Waals surface area contributed by atoms with Gasteiger partial charge in [0.25, 0.3) is 0 Å². The predicted molar refractivity (Wildman–Crippen MR) is 443 cm³/mol. The van der Waals surface area contributed by atoms with Crippen LogP contribution in [0.5, 0.6) is 0 Å². The summed E-state index contributed by atoms with van der Waals surface area (Å²) in [6.45, 7) is 23.0. The Morgan fingerprint density at radius 2 is 0.558 bits per heavy atom. The van der Waals surface area contributed by atoms with Gasteiger partial charge in [-0.3, -0.25) is 0 Å². The molecule has 0 spiro atoms. The average Bonchev–Trinajstić information content (AvgIpc) is 1.51. The van der Waals surface area contributed by atoms with Crippen LogP contribution in [0.15, 0.2) is 261 Å². The van der Waals surface area contributed by atoms with Crippen LogP contribution in [0, 0.1) is 16.2 Å². The van der Waals surface area contributed by atoms with Crippen LogP contribution >= 0.6 is 0 Å². The van der Waals surface area contributed by atoms with Gasteiger partial charge in [0.2, 0.25) is 0 Å². The van der Waals surface area contributed by atoms with Crippen molar-refractivity contribution in [3.05, 3.63) is 278 Å². The number of benzene rings is 13. The van der Waals surface area contributed by atoms with E-state index in [1.807, 2.05) is 0 Å². The van der Waals surface area contributed by atoms with Crippen LogP contribution in [0.1, 0.15) is 155 Å². The molecule has 3 heterocycles. The Hall–Kier alpha value is -10.2. The monoisotopic (exact) mass is 1350 g/mol. The first-order valence-corrected chi connectivity index (χ1v) is 39.0. The molecule has 3 aliphatic carbocycles. The lowest BCUT2D eigenvalue weighted by Gasteiger charge is -2.55. The van der Waals surface area contributed by atoms with Crippen molar-refractivity contribution in [2.75, 3.05) is 14.7 Å². The molecule has 0 N–H and O–H groups in total. The maximum Gasteiger partial charge on any atom is 0.0543 e. The molecule has 6 atom stereocenters. The zero-order chi connectivity index (χ0) is 70.1. The van der Waals surface area contributed by atoms with Crippen LogP contribution in [0.2, 0.25) is 0 Å². The van der Waals surface area contributed by atoms with E-state index in [4.69, 9.17) is 0 Å². The predicted octanol–water partition coefficient (Wildman–Crippen LogP) is 28.4. The Morgan fingerprint density at radius 3 is 0.923 bits per heavy atom. The molecule has 0 saturated heterocycles. The van der Waals surface area contributed by atoms with Gasteiger partial charge in [-0.2, -0.15) is 0 Å². The Labute approximate surface area is 613 Å². The minimum Gasteiger partial charge on any atom is -0.334 e. The molecule has 3 heteroatoms. The Bertz CT molecular complexity index is 5750. The molecule has 15 aromatic rings.